The van der Waals surface area contributed by atoms with E-state index in [0.29, 0.717) is 23.2 Å². The lowest BCUT2D eigenvalue weighted by molar-refractivity contribution is -0.151. The number of aromatic amines is 1. The number of aryl methyl sites for hydroxylation is 1. The average molecular weight is 347 g/mol. The summed E-state index contributed by atoms with van der Waals surface area (Å²) in [6.45, 7) is 6.93. The van der Waals surface area contributed by atoms with Gasteiger partial charge in [0.15, 0.2) is 6.10 Å². The van der Waals surface area contributed by atoms with Gasteiger partial charge in [-0.25, -0.2) is 4.79 Å². The van der Waals surface area contributed by atoms with Crippen LogP contribution in [0.1, 0.15) is 65.2 Å². The second kappa shape index (κ2) is 8.14. The standard InChI is InChI=1S/C19H25NO5/c1-5-24-19(23)15-11(2)16(20-12(15)3)17(21)13(4)25-18(22)14-9-7-6-8-10-14/h6-7,13-14,20H,5,8-10H2,1-4H3/t13-,14-/m1/s1. The summed E-state index contributed by atoms with van der Waals surface area (Å²) in [5.41, 5.74) is 1.73. The first-order valence-corrected chi connectivity index (χ1v) is 8.62. The van der Waals surface area contributed by atoms with Gasteiger partial charge >= 0.3 is 11.9 Å². The summed E-state index contributed by atoms with van der Waals surface area (Å²) in [6, 6.07) is 0. The number of aromatic nitrogens is 1. The van der Waals surface area contributed by atoms with Gasteiger partial charge in [-0.1, -0.05) is 12.2 Å². The van der Waals surface area contributed by atoms with Crippen molar-refractivity contribution in [2.24, 2.45) is 5.92 Å². The lowest BCUT2D eigenvalue weighted by Crippen LogP contribution is -2.29. The number of rotatable bonds is 6. The zero-order chi connectivity index (χ0) is 18.6. The Morgan fingerprint density at radius 2 is 2.00 bits per heavy atom. The molecule has 0 unspecified atom stereocenters. The fourth-order valence-electron chi connectivity index (χ4n) is 3.04. The van der Waals surface area contributed by atoms with E-state index in [1.54, 1.807) is 27.7 Å². The smallest absolute Gasteiger partial charge is 0.340 e. The van der Waals surface area contributed by atoms with E-state index in [-0.39, 0.29) is 30.0 Å². The van der Waals surface area contributed by atoms with Crippen molar-refractivity contribution in [2.75, 3.05) is 6.61 Å². The molecule has 6 heteroatoms. The Bertz CT molecular complexity index is 701. The van der Waals surface area contributed by atoms with Crippen molar-refractivity contribution < 1.29 is 23.9 Å². The SMILES string of the molecule is CCOC(=O)c1c(C)[nH]c(C(=O)[C@@H](C)OC(=O)[C@@H]2CC=CCC2)c1C. The summed E-state index contributed by atoms with van der Waals surface area (Å²) in [5.74, 6) is -1.36. The maximum absolute atomic E-state index is 12.7. The molecule has 0 fully saturated rings. The number of hydrogen-bond acceptors (Lipinski definition) is 5. The van der Waals surface area contributed by atoms with Gasteiger partial charge in [0, 0.05) is 5.69 Å². The van der Waals surface area contributed by atoms with Gasteiger partial charge in [0.2, 0.25) is 5.78 Å². The number of allylic oxidation sites excluding steroid dienone is 2. The molecule has 2 rings (SSSR count). The molecule has 0 saturated carbocycles. The fraction of sp³-hybridized carbons (Fsp3) is 0.526. The number of H-pyrrole nitrogens is 1. The molecule has 1 aliphatic carbocycles. The average Bonchev–Trinajstić information content (AvgIpc) is 2.89. The maximum Gasteiger partial charge on any atom is 0.340 e. The van der Waals surface area contributed by atoms with Crippen molar-refractivity contribution in [3.05, 3.63) is 34.7 Å². The van der Waals surface area contributed by atoms with E-state index < -0.39 is 12.1 Å². The first kappa shape index (κ1) is 19.0. The second-order valence-electron chi connectivity index (χ2n) is 6.27. The van der Waals surface area contributed by atoms with Gasteiger partial charge in [-0.2, -0.15) is 0 Å². The highest BCUT2D eigenvalue weighted by Gasteiger charge is 2.29. The molecule has 1 N–H and O–H groups in total. The summed E-state index contributed by atoms with van der Waals surface area (Å²) in [7, 11) is 0. The van der Waals surface area contributed by atoms with Crippen LogP contribution < -0.4 is 0 Å². The van der Waals surface area contributed by atoms with Crippen molar-refractivity contribution in [1.82, 2.24) is 4.98 Å². The Balaban J connectivity index is 2.11. The van der Waals surface area contributed by atoms with Crippen LogP contribution >= 0.6 is 0 Å². The molecule has 0 spiro atoms. The number of Topliss-reactive ketones (excluding diaryl/α,β-unsaturated/α-hetero) is 1. The Morgan fingerprint density at radius 3 is 2.60 bits per heavy atom. The molecule has 0 radical (unpaired) electrons. The van der Waals surface area contributed by atoms with Crippen LogP contribution in [0.3, 0.4) is 0 Å². The highest BCUT2D eigenvalue weighted by atomic mass is 16.5. The fourth-order valence-corrected chi connectivity index (χ4v) is 3.04. The monoisotopic (exact) mass is 347 g/mol. The van der Waals surface area contributed by atoms with Gasteiger partial charge in [0.25, 0.3) is 0 Å². The number of hydrogen-bond donors (Lipinski definition) is 1. The molecule has 0 aliphatic heterocycles. The number of carbonyl (C=O) groups excluding carboxylic acids is 3. The summed E-state index contributed by atoms with van der Waals surface area (Å²) >= 11 is 0. The molecule has 1 aliphatic rings. The van der Waals surface area contributed by atoms with Crippen LogP contribution in [-0.4, -0.2) is 35.4 Å². The molecule has 1 heterocycles. The third-order valence-electron chi connectivity index (χ3n) is 4.43. The minimum absolute atomic E-state index is 0.193. The third-order valence-corrected chi connectivity index (χ3v) is 4.43. The zero-order valence-corrected chi connectivity index (χ0v) is 15.2. The molecule has 6 nitrogen and oxygen atoms in total. The number of esters is 2. The van der Waals surface area contributed by atoms with Crippen LogP contribution in [-0.2, 0) is 14.3 Å². The molecule has 0 aromatic carbocycles. The lowest BCUT2D eigenvalue weighted by Gasteiger charge is -2.19. The van der Waals surface area contributed by atoms with Crippen LogP contribution in [0.5, 0.6) is 0 Å². The number of nitrogens with one attached hydrogen (secondary N) is 1. The van der Waals surface area contributed by atoms with Gasteiger partial charge in [0.05, 0.1) is 23.8 Å². The first-order valence-electron chi connectivity index (χ1n) is 8.62. The van der Waals surface area contributed by atoms with Gasteiger partial charge in [-0.15, -0.1) is 0 Å². The predicted octanol–water partition coefficient (Wildman–Crippen LogP) is 3.28. The topological polar surface area (TPSA) is 85.5 Å². The number of carbonyl (C=O) groups is 3. The largest absolute Gasteiger partial charge is 0.462 e. The Kier molecular flexibility index (Phi) is 6.17. The molecular weight excluding hydrogens is 322 g/mol. The van der Waals surface area contributed by atoms with Crippen molar-refractivity contribution in [2.45, 2.75) is 53.1 Å². The highest BCUT2D eigenvalue weighted by molar-refractivity contribution is 6.04. The normalized spacial score (nSPS) is 17.8. The molecule has 2 atom stereocenters. The minimum atomic E-state index is -0.912. The van der Waals surface area contributed by atoms with Crippen LogP contribution in [0.4, 0.5) is 0 Å². The Labute approximate surface area is 147 Å². The van der Waals surface area contributed by atoms with Crippen molar-refractivity contribution in [3.8, 4) is 0 Å². The van der Waals surface area contributed by atoms with Crippen molar-refractivity contribution in [1.29, 1.82) is 0 Å². The third kappa shape index (κ3) is 4.18. The Hall–Kier alpha value is -2.37. The van der Waals surface area contributed by atoms with Gasteiger partial charge in [-0.3, -0.25) is 9.59 Å². The molecule has 136 valence electrons. The molecule has 0 amide bonds. The first-order chi connectivity index (χ1) is 11.9. The Morgan fingerprint density at radius 1 is 1.28 bits per heavy atom. The van der Waals surface area contributed by atoms with E-state index in [1.807, 2.05) is 12.2 Å². The van der Waals surface area contributed by atoms with E-state index in [2.05, 4.69) is 4.98 Å². The van der Waals surface area contributed by atoms with Crippen LogP contribution in [0.25, 0.3) is 0 Å². The molecule has 1 aromatic heterocycles. The number of ketones is 1. The quantitative estimate of drug-likeness (QED) is 0.485. The van der Waals surface area contributed by atoms with E-state index in [1.165, 1.54) is 0 Å². The summed E-state index contributed by atoms with van der Waals surface area (Å²) in [6.07, 6.45) is 5.33. The predicted molar refractivity (Wildman–Crippen MR) is 92.6 cm³/mol. The van der Waals surface area contributed by atoms with Crippen molar-refractivity contribution in [3.63, 3.8) is 0 Å². The van der Waals surface area contributed by atoms with Crippen LogP contribution in [0.15, 0.2) is 12.2 Å². The van der Waals surface area contributed by atoms with E-state index in [4.69, 9.17) is 9.47 Å². The molecule has 0 saturated heterocycles. The summed E-state index contributed by atoms with van der Waals surface area (Å²) in [4.78, 5) is 39.8. The van der Waals surface area contributed by atoms with Crippen LogP contribution in [0.2, 0.25) is 0 Å². The second-order valence-corrected chi connectivity index (χ2v) is 6.27. The minimum Gasteiger partial charge on any atom is -0.462 e. The van der Waals surface area contributed by atoms with E-state index >= 15 is 0 Å². The van der Waals surface area contributed by atoms with E-state index in [0.717, 1.165) is 12.8 Å². The summed E-state index contributed by atoms with van der Waals surface area (Å²) < 4.78 is 10.4. The van der Waals surface area contributed by atoms with Crippen molar-refractivity contribution >= 4 is 17.7 Å². The number of ether oxygens (including phenoxy) is 2. The molecular formula is C19H25NO5. The maximum atomic E-state index is 12.7. The van der Waals surface area contributed by atoms with Crippen LogP contribution in [0, 0.1) is 19.8 Å². The zero-order valence-electron chi connectivity index (χ0n) is 15.2. The van der Waals surface area contributed by atoms with E-state index in [9.17, 15) is 14.4 Å². The van der Waals surface area contributed by atoms with Gasteiger partial charge < -0.3 is 14.5 Å². The molecule has 0 bridgehead atoms. The van der Waals surface area contributed by atoms with Gasteiger partial charge in [-0.05, 0) is 52.5 Å². The molecule has 1 aromatic rings. The highest BCUT2D eigenvalue weighted by Crippen LogP contribution is 2.23. The van der Waals surface area contributed by atoms with Gasteiger partial charge in [0.1, 0.15) is 0 Å². The summed E-state index contributed by atoms with van der Waals surface area (Å²) in [5, 5.41) is 0. The molecule has 25 heavy (non-hydrogen) atoms. The lowest BCUT2D eigenvalue weighted by atomic mass is 9.94.